The molecule has 0 atom stereocenters. The first kappa shape index (κ1) is 16.7. The maximum atomic E-state index is 11.9. The topological polar surface area (TPSA) is 69.6 Å². The van der Waals surface area contributed by atoms with Crippen LogP contribution < -0.4 is 4.90 Å². The number of fused-ring (bicyclic) bond motifs is 1. The third-order valence-corrected chi connectivity index (χ3v) is 7.05. The van der Waals surface area contributed by atoms with E-state index in [1.165, 1.54) is 5.69 Å². The fraction of sp³-hybridized carbons (Fsp3) is 0.529. The molecule has 0 N–H and O–H groups in total. The summed E-state index contributed by atoms with van der Waals surface area (Å²) in [5, 5.41) is 1.06. The van der Waals surface area contributed by atoms with E-state index in [4.69, 9.17) is 0 Å². The molecule has 0 amide bonds. The largest absolute Gasteiger partial charge is 0.369 e. The molecule has 3 heterocycles. The van der Waals surface area contributed by atoms with Crippen LogP contribution in [0.15, 0.2) is 30.7 Å². The summed E-state index contributed by atoms with van der Waals surface area (Å²) < 4.78 is 25.4. The number of hydrogen-bond acceptors (Lipinski definition) is 6. The highest BCUT2D eigenvalue weighted by atomic mass is 32.2. The van der Waals surface area contributed by atoms with Crippen molar-refractivity contribution in [3.63, 3.8) is 0 Å². The molecule has 0 radical (unpaired) electrons. The summed E-state index contributed by atoms with van der Waals surface area (Å²) >= 11 is 0. The molecule has 0 spiro atoms. The molecular formula is C17H23N5O2S. The molecule has 0 aliphatic carbocycles. The standard InChI is InChI=1S/C17H23N5O2S/c23-25(24)11-1-4-22(25)10-7-20-5-8-21(9-6-20)16-2-3-17-15(12-16)13-18-14-19-17/h2-3,12-14H,1,4-11H2. The molecule has 2 aliphatic rings. The van der Waals surface area contributed by atoms with Gasteiger partial charge in [0.05, 0.1) is 11.3 Å². The lowest BCUT2D eigenvalue weighted by Crippen LogP contribution is -2.48. The molecule has 134 valence electrons. The summed E-state index contributed by atoms with van der Waals surface area (Å²) in [6.07, 6.45) is 4.18. The predicted octanol–water partition coefficient (Wildman–Crippen LogP) is 0.787. The van der Waals surface area contributed by atoms with Crippen LogP contribution in [0.5, 0.6) is 0 Å². The van der Waals surface area contributed by atoms with E-state index < -0.39 is 10.0 Å². The lowest BCUT2D eigenvalue weighted by atomic mass is 10.2. The van der Waals surface area contributed by atoms with Crippen LogP contribution in [0.25, 0.3) is 10.9 Å². The molecule has 2 saturated heterocycles. The highest BCUT2D eigenvalue weighted by molar-refractivity contribution is 7.89. The molecule has 2 fully saturated rings. The van der Waals surface area contributed by atoms with Gasteiger partial charge in [0.15, 0.2) is 0 Å². The second-order valence-electron chi connectivity index (χ2n) is 6.66. The van der Waals surface area contributed by atoms with Crippen molar-refractivity contribution in [2.45, 2.75) is 6.42 Å². The van der Waals surface area contributed by atoms with Gasteiger partial charge in [0.2, 0.25) is 10.0 Å². The Morgan fingerprint density at radius 2 is 1.88 bits per heavy atom. The van der Waals surface area contributed by atoms with Crippen molar-refractivity contribution in [2.75, 3.05) is 56.5 Å². The van der Waals surface area contributed by atoms with Crippen molar-refractivity contribution in [1.29, 1.82) is 0 Å². The zero-order valence-corrected chi connectivity index (χ0v) is 15.0. The Bertz CT molecular complexity index is 849. The Kier molecular flexibility index (Phi) is 4.58. The molecule has 1 aromatic carbocycles. The van der Waals surface area contributed by atoms with Gasteiger partial charge in [0.25, 0.3) is 0 Å². The van der Waals surface area contributed by atoms with Crippen LogP contribution in [0.2, 0.25) is 0 Å². The fourth-order valence-corrected chi connectivity index (χ4v) is 5.11. The summed E-state index contributed by atoms with van der Waals surface area (Å²) in [5.74, 6) is 0.312. The van der Waals surface area contributed by atoms with Gasteiger partial charge in [-0.15, -0.1) is 0 Å². The third kappa shape index (κ3) is 3.61. The normalized spacial score (nSPS) is 21.8. The van der Waals surface area contributed by atoms with Crippen LogP contribution in [0.4, 0.5) is 5.69 Å². The summed E-state index contributed by atoms with van der Waals surface area (Å²) in [7, 11) is -2.98. The van der Waals surface area contributed by atoms with E-state index in [0.29, 0.717) is 18.8 Å². The minimum absolute atomic E-state index is 0.312. The number of hydrogen-bond donors (Lipinski definition) is 0. The molecule has 8 heteroatoms. The number of nitrogens with zero attached hydrogens (tertiary/aromatic N) is 5. The van der Waals surface area contributed by atoms with Gasteiger partial charge in [-0.3, -0.25) is 4.90 Å². The van der Waals surface area contributed by atoms with Gasteiger partial charge in [0, 0.05) is 63.1 Å². The fourth-order valence-electron chi connectivity index (χ4n) is 3.59. The van der Waals surface area contributed by atoms with E-state index in [9.17, 15) is 8.42 Å². The third-order valence-electron chi connectivity index (χ3n) is 5.09. The molecule has 1 aromatic heterocycles. The number of piperazine rings is 1. The monoisotopic (exact) mass is 361 g/mol. The van der Waals surface area contributed by atoms with Gasteiger partial charge in [-0.1, -0.05) is 0 Å². The van der Waals surface area contributed by atoms with Crippen molar-refractivity contribution in [3.05, 3.63) is 30.7 Å². The Balaban J connectivity index is 1.33. The first-order valence-corrected chi connectivity index (χ1v) is 10.4. The number of benzene rings is 1. The molecule has 2 aromatic rings. The molecule has 0 unspecified atom stereocenters. The number of aromatic nitrogens is 2. The predicted molar refractivity (Wildman–Crippen MR) is 98.2 cm³/mol. The Labute approximate surface area is 148 Å². The molecule has 0 bridgehead atoms. The molecule has 4 rings (SSSR count). The van der Waals surface area contributed by atoms with Crippen LogP contribution in [0.3, 0.4) is 0 Å². The summed E-state index contributed by atoms with van der Waals surface area (Å²) in [6, 6.07) is 6.29. The zero-order valence-electron chi connectivity index (χ0n) is 14.2. The average Bonchev–Trinajstić information content (AvgIpc) is 2.98. The highest BCUT2D eigenvalue weighted by Gasteiger charge is 2.28. The van der Waals surface area contributed by atoms with Crippen molar-refractivity contribution in [1.82, 2.24) is 19.2 Å². The first-order chi connectivity index (χ1) is 12.1. The summed E-state index contributed by atoms with van der Waals surface area (Å²) in [4.78, 5) is 13.1. The van der Waals surface area contributed by atoms with Crippen LogP contribution in [0, 0.1) is 0 Å². The van der Waals surface area contributed by atoms with Crippen molar-refractivity contribution >= 4 is 26.6 Å². The Hall–Kier alpha value is -1.77. The van der Waals surface area contributed by atoms with Crippen LogP contribution in [-0.2, 0) is 10.0 Å². The van der Waals surface area contributed by atoms with E-state index in [2.05, 4.69) is 31.9 Å². The Morgan fingerprint density at radius 1 is 1.04 bits per heavy atom. The van der Waals surface area contributed by atoms with E-state index >= 15 is 0 Å². The lowest BCUT2D eigenvalue weighted by molar-refractivity contribution is 0.240. The minimum Gasteiger partial charge on any atom is -0.369 e. The van der Waals surface area contributed by atoms with Gasteiger partial charge < -0.3 is 4.90 Å². The van der Waals surface area contributed by atoms with E-state index in [1.807, 2.05) is 12.3 Å². The second kappa shape index (κ2) is 6.86. The number of rotatable bonds is 4. The van der Waals surface area contributed by atoms with Gasteiger partial charge in [0.1, 0.15) is 6.33 Å². The smallest absolute Gasteiger partial charge is 0.214 e. The van der Waals surface area contributed by atoms with Crippen LogP contribution in [0.1, 0.15) is 6.42 Å². The second-order valence-corrected chi connectivity index (χ2v) is 8.75. The summed E-state index contributed by atoms with van der Waals surface area (Å²) in [6.45, 7) is 5.93. The number of anilines is 1. The SMILES string of the molecule is O=S1(=O)CCCN1CCN1CCN(c2ccc3ncncc3c2)CC1. The van der Waals surface area contributed by atoms with Crippen molar-refractivity contribution in [2.24, 2.45) is 0 Å². The van der Waals surface area contributed by atoms with Crippen LogP contribution >= 0.6 is 0 Å². The van der Waals surface area contributed by atoms with E-state index in [1.54, 1.807) is 10.6 Å². The molecule has 7 nitrogen and oxygen atoms in total. The molecule has 25 heavy (non-hydrogen) atoms. The molecule has 0 saturated carbocycles. The van der Waals surface area contributed by atoms with E-state index in [0.717, 1.165) is 50.0 Å². The highest BCUT2D eigenvalue weighted by Crippen LogP contribution is 2.21. The van der Waals surface area contributed by atoms with Crippen LogP contribution in [-0.4, -0.2) is 79.2 Å². The van der Waals surface area contributed by atoms with Crippen molar-refractivity contribution in [3.8, 4) is 0 Å². The lowest BCUT2D eigenvalue weighted by Gasteiger charge is -2.36. The quantitative estimate of drug-likeness (QED) is 0.802. The minimum atomic E-state index is -2.98. The van der Waals surface area contributed by atoms with Gasteiger partial charge >= 0.3 is 0 Å². The molecular weight excluding hydrogens is 338 g/mol. The first-order valence-electron chi connectivity index (χ1n) is 8.77. The maximum Gasteiger partial charge on any atom is 0.214 e. The van der Waals surface area contributed by atoms with E-state index in [-0.39, 0.29) is 0 Å². The number of sulfonamides is 1. The van der Waals surface area contributed by atoms with Crippen molar-refractivity contribution < 1.29 is 8.42 Å². The van der Waals surface area contributed by atoms with Gasteiger partial charge in [-0.25, -0.2) is 22.7 Å². The van der Waals surface area contributed by atoms with Gasteiger partial charge in [-0.2, -0.15) is 0 Å². The molecule has 2 aliphatic heterocycles. The maximum absolute atomic E-state index is 11.9. The Morgan fingerprint density at radius 3 is 2.64 bits per heavy atom. The summed E-state index contributed by atoms with van der Waals surface area (Å²) in [5.41, 5.74) is 2.16. The van der Waals surface area contributed by atoms with Gasteiger partial charge in [-0.05, 0) is 24.6 Å². The average molecular weight is 361 g/mol. The zero-order chi connectivity index (χ0) is 17.3.